The molecule has 0 bridgehead atoms. The van der Waals surface area contributed by atoms with Crippen LogP contribution in [0, 0.1) is 6.92 Å². The Labute approximate surface area is 108 Å². The van der Waals surface area contributed by atoms with Gasteiger partial charge in [-0.25, -0.2) is 0 Å². The molecule has 0 heterocycles. The van der Waals surface area contributed by atoms with Gasteiger partial charge in [-0.3, -0.25) is 0 Å². The molecule has 1 atom stereocenters. The topological polar surface area (TPSA) is 20.2 Å². The smallest absolute Gasteiger partial charge is 0.104 e. The van der Waals surface area contributed by atoms with Crippen LogP contribution in [0.5, 0.6) is 0 Å². The highest BCUT2D eigenvalue weighted by Gasteiger charge is 2.27. The largest absolute Gasteiger partial charge is 0.384 e. The second-order valence-corrected chi connectivity index (χ2v) is 5.22. The highest BCUT2D eigenvalue weighted by Crippen LogP contribution is 2.43. The van der Waals surface area contributed by atoms with Crippen molar-refractivity contribution in [2.24, 2.45) is 0 Å². The number of aliphatic hydroxyl groups is 1. The minimum atomic E-state index is -0.498. The van der Waals surface area contributed by atoms with E-state index < -0.39 is 6.10 Å². The lowest BCUT2D eigenvalue weighted by Crippen LogP contribution is -2.03. The van der Waals surface area contributed by atoms with Crippen molar-refractivity contribution in [2.75, 3.05) is 0 Å². The first kappa shape index (κ1) is 11.5. The monoisotopic (exact) mass is 238 g/mol. The summed E-state index contributed by atoms with van der Waals surface area (Å²) in [5.74, 6) is 0.668. The van der Waals surface area contributed by atoms with E-state index in [9.17, 15) is 5.11 Å². The predicted molar refractivity (Wildman–Crippen MR) is 73.7 cm³/mol. The lowest BCUT2D eigenvalue weighted by atomic mass is 9.94. The van der Waals surface area contributed by atoms with E-state index in [1.54, 1.807) is 0 Å². The quantitative estimate of drug-likeness (QED) is 0.858. The number of hydrogen-bond acceptors (Lipinski definition) is 1. The van der Waals surface area contributed by atoms with Crippen LogP contribution in [0.2, 0.25) is 0 Å². The maximum Gasteiger partial charge on any atom is 0.104 e. The first-order valence-electron chi connectivity index (χ1n) is 6.59. The SMILES string of the molecule is Cc1ccc(C(O)c2ccccc2C2CC2)cc1. The van der Waals surface area contributed by atoms with E-state index in [1.807, 2.05) is 18.2 Å². The van der Waals surface area contributed by atoms with Gasteiger partial charge in [-0.15, -0.1) is 0 Å². The molecule has 2 aromatic carbocycles. The first-order valence-corrected chi connectivity index (χ1v) is 6.59. The Balaban J connectivity index is 1.96. The third kappa shape index (κ3) is 2.19. The lowest BCUT2D eigenvalue weighted by Gasteiger charge is -2.16. The van der Waals surface area contributed by atoms with Gasteiger partial charge >= 0.3 is 0 Å². The van der Waals surface area contributed by atoms with Crippen LogP contribution in [0.15, 0.2) is 48.5 Å². The van der Waals surface area contributed by atoms with Crippen LogP contribution in [-0.4, -0.2) is 5.11 Å². The van der Waals surface area contributed by atoms with Crippen molar-refractivity contribution in [2.45, 2.75) is 31.8 Å². The molecule has 1 saturated carbocycles. The number of rotatable bonds is 3. The Morgan fingerprint density at radius 2 is 1.67 bits per heavy atom. The fourth-order valence-electron chi connectivity index (χ4n) is 2.45. The summed E-state index contributed by atoms with van der Waals surface area (Å²) in [6.45, 7) is 2.06. The predicted octanol–water partition coefficient (Wildman–Crippen LogP) is 3.95. The van der Waals surface area contributed by atoms with E-state index in [2.05, 4.69) is 37.3 Å². The van der Waals surface area contributed by atoms with Gasteiger partial charge in [0, 0.05) is 0 Å². The van der Waals surface area contributed by atoms with Crippen molar-refractivity contribution in [1.29, 1.82) is 0 Å². The number of benzene rings is 2. The summed E-state index contributed by atoms with van der Waals surface area (Å²) in [5, 5.41) is 10.5. The third-order valence-electron chi connectivity index (χ3n) is 3.70. The van der Waals surface area contributed by atoms with Crippen LogP contribution in [0.3, 0.4) is 0 Å². The van der Waals surface area contributed by atoms with Crippen LogP contribution >= 0.6 is 0 Å². The molecule has 92 valence electrons. The molecule has 0 saturated heterocycles. The van der Waals surface area contributed by atoms with E-state index in [1.165, 1.54) is 24.0 Å². The van der Waals surface area contributed by atoms with Gasteiger partial charge in [-0.05, 0) is 42.4 Å². The van der Waals surface area contributed by atoms with E-state index >= 15 is 0 Å². The van der Waals surface area contributed by atoms with Crippen LogP contribution in [0.25, 0.3) is 0 Å². The molecule has 0 spiro atoms. The molecular formula is C17H18O. The Morgan fingerprint density at radius 1 is 1.00 bits per heavy atom. The second-order valence-electron chi connectivity index (χ2n) is 5.22. The molecule has 1 nitrogen and oxygen atoms in total. The Hall–Kier alpha value is -1.60. The highest BCUT2D eigenvalue weighted by atomic mass is 16.3. The summed E-state index contributed by atoms with van der Waals surface area (Å²) in [4.78, 5) is 0. The number of hydrogen-bond donors (Lipinski definition) is 1. The maximum absolute atomic E-state index is 10.5. The summed E-state index contributed by atoms with van der Waals surface area (Å²) >= 11 is 0. The normalized spacial score (nSPS) is 16.6. The molecule has 1 fully saturated rings. The minimum absolute atomic E-state index is 0.498. The van der Waals surface area contributed by atoms with Gasteiger partial charge in [-0.2, -0.15) is 0 Å². The van der Waals surface area contributed by atoms with Crippen molar-refractivity contribution < 1.29 is 5.11 Å². The summed E-state index contributed by atoms with van der Waals surface area (Å²) in [7, 11) is 0. The molecule has 1 unspecified atom stereocenters. The molecule has 0 aromatic heterocycles. The molecule has 2 aromatic rings. The van der Waals surface area contributed by atoms with Gasteiger partial charge in [0.1, 0.15) is 6.10 Å². The van der Waals surface area contributed by atoms with Gasteiger partial charge in [0.2, 0.25) is 0 Å². The molecular weight excluding hydrogens is 220 g/mol. The second kappa shape index (κ2) is 4.58. The summed E-state index contributed by atoms with van der Waals surface area (Å²) < 4.78 is 0. The van der Waals surface area contributed by atoms with Crippen LogP contribution in [0.4, 0.5) is 0 Å². The maximum atomic E-state index is 10.5. The van der Waals surface area contributed by atoms with Crippen molar-refractivity contribution in [3.8, 4) is 0 Å². The number of aliphatic hydroxyl groups excluding tert-OH is 1. The summed E-state index contributed by atoms with van der Waals surface area (Å²) in [5.41, 5.74) is 4.60. The zero-order valence-electron chi connectivity index (χ0n) is 10.6. The van der Waals surface area contributed by atoms with E-state index in [-0.39, 0.29) is 0 Å². The minimum Gasteiger partial charge on any atom is -0.384 e. The zero-order chi connectivity index (χ0) is 12.5. The average Bonchev–Trinajstić information content (AvgIpc) is 3.23. The first-order chi connectivity index (χ1) is 8.75. The van der Waals surface area contributed by atoms with Crippen molar-refractivity contribution in [1.82, 2.24) is 0 Å². The van der Waals surface area contributed by atoms with Crippen molar-refractivity contribution in [3.63, 3.8) is 0 Å². The highest BCUT2D eigenvalue weighted by molar-refractivity contribution is 5.40. The van der Waals surface area contributed by atoms with E-state index in [0.29, 0.717) is 5.92 Å². The summed E-state index contributed by atoms with van der Waals surface area (Å²) in [6, 6.07) is 16.4. The lowest BCUT2D eigenvalue weighted by molar-refractivity contribution is 0.219. The van der Waals surface area contributed by atoms with Gasteiger partial charge in [0.05, 0.1) is 0 Å². The van der Waals surface area contributed by atoms with E-state index in [0.717, 1.165) is 11.1 Å². The Kier molecular flexibility index (Phi) is 2.92. The van der Waals surface area contributed by atoms with Crippen LogP contribution in [0.1, 0.15) is 47.1 Å². The van der Waals surface area contributed by atoms with Gasteiger partial charge in [0.25, 0.3) is 0 Å². The van der Waals surface area contributed by atoms with Crippen LogP contribution < -0.4 is 0 Å². The molecule has 0 radical (unpaired) electrons. The Morgan fingerprint density at radius 3 is 2.33 bits per heavy atom. The fraction of sp³-hybridized carbons (Fsp3) is 0.294. The van der Waals surface area contributed by atoms with Crippen LogP contribution in [-0.2, 0) is 0 Å². The van der Waals surface area contributed by atoms with E-state index in [4.69, 9.17) is 0 Å². The van der Waals surface area contributed by atoms with Gasteiger partial charge in [-0.1, -0.05) is 54.1 Å². The molecule has 3 rings (SSSR count). The zero-order valence-corrected chi connectivity index (χ0v) is 10.6. The third-order valence-corrected chi connectivity index (χ3v) is 3.70. The molecule has 18 heavy (non-hydrogen) atoms. The van der Waals surface area contributed by atoms with Crippen molar-refractivity contribution >= 4 is 0 Å². The molecule has 1 heteroatoms. The molecule has 1 aliphatic carbocycles. The van der Waals surface area contributed by atoms with Gasteiger partial charge in [0.15, 0.2) is 0 Å². The Bertz CT molecular complexity index is 538. The fourth-order valence-corrected chi connectivity index (χ4v) is 2.45. The average molecular weight is 238 g/mol. The number of aryl methyl sites for hydroxylation is 1. The molecule has 0 amide bonds. The molecule has 1 N–H and O–H groups in total. The van der Waals surface area contributed by atoms with Gasteiger partial charge < -0.3 is 5.11 Å². The van der Waals surface area contributed by atoms with Crippen molar-refractivity contribution in [3.05, 3.63) is 70.8 Å². The molecule has 1 aliphatic rings. The standard InChI is InChI=1S/C17H18O/c1-12-6-8-14(9-7-12)17(18)16-5-3-2-4-15(16)13-10-11-13/h2-9,13,17-18H,10-11H2,1H3. The summed E-state index contributed by atoms with van der Waals surface area (Å²) in [6.07, 6.45) is 2.03. The molecule has 0 aliphatic heterocycles.